The van der Waals surface area contributed by atoms with E-state index in [0.717, 1.165) is 47.6 Å². The van der Waals surface area contributed by atoms with Crippen molar-refractivity contribution in [3.63, 3.8) is 0 Å². The van der Waals surface area contributed by atoms with Crippen molar-refractivity contribution in [1.29, 1.82) is 0 Å². The van der Waals surface area contributed by atoms with Crippen molar-refractivity contribution in [2.45, 2.75) is 45.2 Å². The highest BCUT2D eigenvalue weighted by molar-refractivity contribution is 5.60. The Morgan fingerprint density at radius 3 is 2.75 bits per heavy atom. The first kappa shape index (κ1) is 17.1. The first-order valence-corrected chi connectivity index (χ1v) is 9.89. The molecule has 8 nitrogen and oxygen atoms in total. The molecule has 28 heavy (non-hydrogen) atoms. The summed E-state index contributed by atoms with van der Waals surface area (Å²) in [5, 5.41) is 20.5. The second-order valence-corrected chi connectivity index (χ2v) is 7.91. The Balaban J connectivity index is 1.51. The number of nitrogens with zero attached hydrogens (tertiary/aromatic N) is 8. The van der Waals surface area contributed by atoms with Crippen molar-refractivity contribution in [1.82, 2.24) is 35.0 Å². The van der Waals surface area contributed by atoms with E-state index in [1.54, 1.807) is 11.0 Å². The van der Waals surface area contributed by atoms with Crippen LogP contribution in [-0.4, -0.2) is 47.6 Å². The zero-order valence-corrected chi connectivity index (χ0v) is 16.1. The third-order valence-electron chi connectivity index (χ3n) is 5.92. The molecule has 2 unspecified atom stereocenters. The summed E-state index contributed by atoms with van der Waals surface area (Å²) in [5.74, 6) is 2.67. The maximum Gasteiger partial charge on any atom is 0.228 e. The summed E-state index contributed by atoms with van der Waals surface area (Å²) in [6.07, 6.45) is 6.79. The van der Waals surface area contributed by atoms with Gasteiger partial charge in [0.2, 0.25) is 5.95 Å². The van der Waals surface area contributed by atoms with Crippen molar-refractivity contribution in [3.8, 4) is 17.1 Å². The Morgan fingerprint density at radius 2 is 2.00 bits per heavy atom. The van der Waals surface area contributed by atoms with Gasteiger partial charge in [0, 0.05) is 24.7 Å². The van der Waals surface area contributed by atoms with E-state index >= 15 is 0 Å². The molecule has 144 valence electrons. The molecule has 1 aliphatic heterocycles. The van der Waals surface area contributed by atoms with Gasteiger partial charge in [-0.05, 0) is 66.8 Å². The van der Waals surface area contributed by atoms with Gasteiger partial charge in [0.15, 0.2) is 5.82 Å². The van der Waals surface area contributed by atoms with Crippen LogP contribution in [-0.2, 0) is 6.54 Å². The van der Waals surface area contributed by atoms with Gasteiger partial charge in [0.05, 0.1) is 5.69 Å². The number of anilines is 1. The summed E-state index contributed by atoms with van der Waals surface area (Å²) < 4.78 is 3.85. The smallest absolute Gasteiger partial charge is 0.228 e. The summed E-state index contributed by atoms with van der Waals surface area (Å²) in [6.45, 7) is 7.97. The topological polar surface area (TPSA) is 77.5 Å². The fourth-order valence-corrected chi connectivity index (χ4v) is 4.66. The summed E-state index contributed by atoms with van der Waals surface area (Å²) in [6, 6.07) is 8.69. The standard InChI is InChI=1S/C20H24N8/c1-14(2)12-27-19(16-6-8-17(9-7-16)28-13-21-24-25-28)22-23-20(27)26-11-10-15-4-3-5-18(15)26/h6-9,13,15,18H,1,3-5,10-12H2,2H3. The number of rotatable bonds is 5. The highest BCUT2D eigenvalue weighted by atomic mass is 15.5. The van der Waals surface area contributed by atoms with E-state index in [1.165, 1.54) is 25.7 Å². The number of tetrazole rings is 1. The molecule has 0 spiro atoms. The minimum Gasteiger partial charge on any atom is -0.338 e. The van der Waals surface area contributed by atoms with E-state index in [-0.39, 0.29) is 0 Å². The summed E-state index contributed by atoms with van der Waals surface area (Å²) in [7, 11) is 0. The zero-order chi connectivity index (χ0) is 19.1. The van der Waals surface area contributed by atoms with Gasteiger partial charge in [0.25, 0.3) is 0 Å². The molecule has 2 fully saturated rings. The highest BCUT2D eigenvalue weighted by Gasteiger charge is 2.39. The molecule has 1 saturated heterocycles. The molecule has 0 bridgehead atoms. The first-order chi connectivity index (χ1) is 13.7. The van der Waals surface area contributed by atoms with Gasteiger partial charge in [-0.15, -0.1) is 15.3 Å². The molecule has 3 aromatic rings. The van der Waals surface area contributed by atoms with Crippen molar-refractivity contribution < 1.29 is 0 Å². The molecule has 3 heterocycles. The molecule has 5 rings (SSSR count). The van der Waals surface area contributed by atoms with Crippen LogP contribution in [0.5, 0.6) is 0 Å². The van der Waals surface area contributed by atoms with Crippen LogP contribution in [0.4, 0.5) is 5.95 Å². The van der Waals surface area contributed by atoms with Gasteiger partial charge in [-0.2, -0.15) is 0 Å². The SMILES string of the molecule is C=C(C)Cn1c(-c2ccc(-n3cnnn3)cc2)nnc1N1CCC2CCCC21. The number of hydrogen-bond acceptors (Lipinski definition) is 6. The Kier molecular flexibility index (Phi) is 4.18. The Hall–Kier alpha value is -3.03. The lowest BCUT2D eigenvalue weighted by Gasteiger charge is -2.25. The minimum atomic E-state index is 0.614. The van der Waals surface area contributed by atoms with Crippen molar-refractivity contribution in [2.24, 2.45) is 5.92 Å². The Bertz CT molecular complexity index is 972. The lowest BCUT2D eigenvalue weighted by Crippen LogP contribution is -2.32. The number of fused-ring (bicyclic) bond motifs is 1. The second kappa shape index (κ2) is 6.85. The summed E-state index contributed by atoms with van der Waals surface area (Å²) >= 11 is 0. The molecule has 2 atom stereocenters. The summed E-state index contributed by atoms with van der Waals surface area (Å²) in [5.41, 5.74) is 3.03. The molecule has 1 aromatic carbocycles. The molecular weight excluding hydrogens is 352 g/mol. The van der Waals surface area contributed by atoms with Crippen LogP contribution in [0.3, 0.4) is 0 Å². The molecule has 1 aliphatic carbocycles. The molecule has 1 saturated carbocycles. The first-order valence-electron chi connectivity index (χ1n) is 9.89. The van der Waals surface area contributed by atoms with Gasteiger partial charge >= 0.3 is 0 Å². The van der Waals surface area contributed by atoms with Crippen molar-refractivity contribution >= 4 is 5.95 Å². The molecule has 2 aliphatic rings. The predicted molar refractivity (Wildman–Crippen MR) is 106 cm³/mol. The van der Waals surface area contributed by atoms with E-state index < -0.39 is 0 Å². The third kappa shape index (κ3) is 2.89. The molecule has 0 radical (unpaired) electrons. The fourth-order valence-electron chi connectivity index (χ4n) is 4.66. The van der Waals surface area contributed by atoms with Gasteiger partial charge < -0.3 is 4.90 Å². The van der Waals surface area contributed by atoms with Crippen LogP contribution in [0.2, 0.25) is 0 Å². The number of benzene rings is 1. The van der Waals surface area contributed by atoms with Gasteiger partial charge in [0.1, 0.15) is 6.33 Å². The number of allylic oxidation sites excluding steroid dienone is 1. The van der Waals surface area contributed by atoms with Crippen LogP contribution >= 0.6 is 0 Å². The Morgan fingerprint density at radius 1 is 1.14 bits per heavy atom. The van der Waals surface area contributed by atoms with Crippen LogP contribution in [0, 0.1) is 5.92 Å². The maximum atomic E-state index is 4.62. The van der Waals surface area contributed by atoms with Gasteiger partial charge in [-0.1, -0.05) is 18.6 Å². The quantitative estimate of drug-likeness (QED) is 0.637. The maximum absolute atomic E-state index is 4.62. The normalized spacial score (nSPS) is 21.2. The molecule has 2 aromatic heterocycles. The zero-order valence-electron chi connectivity index (χ0n) is 16.1. The number of aromatic nitrogens is 7. The minimum absolute atomic E-state index is 0.614. The fraction of sp³-hybridized carbons (Fsp3) is 0.450. The van der Waals surface area contributed by atoms with E-state index in [4.69, 9.17) is 0 Å². The Labute approximate surface area is 163 Å². The summed E-state index contributed by atoms with van der Waals surface area (Å²) in [4.78, 5) is 2.48. The monoisotopic (exact) mass is 376 g/mol. The van der Waals surface area contributed by atoms with Gasteiger partial charge in [-0.3, -0.25) is 4.57 Å². The van der Waals surface area contributed by atoms with E-state index in [0.29, 0.717) is 6.04 Å². The lowest BCUT2D eigenvalue weighted by atomic mass is 10.1. The average Bonchev–Trinajstić information content (AvgIpc) is 3.46. The second-order valence-electron chi connectivity index (χ2n) is 7.91. The highest BCUT2D eigenvalue weighted by Crippen LogP contribution is 2.40. The number of hydrogen-bond donors (Lipinski definition) is 0. The van der Waals surface area contributed by atoms with E-state index in [2.05, 4.69) is 48.7 Å². The average molecular weight is 376 g/mol. The van der Waals surface area contributed by atoms with Crippen molar-refractivity contribution in [3.05, 3.63) is 42.7 Å². The lowest BCUT2D eigenvalue weighted by molar-refractivity contribution is 0.536. The van der Waals surface area contributed by atoms with Crippen LogP contribution in [0.25, 0.3) is 17.1 Å². The predicted octanol–water partition coefficient (Wildman–Crippen LogP) is 2.88. The molecular formula is C20H24N8. The largest absolute Gasteiger partial charge is 0.338 e. The third-order valence-corrected chi connectivity index (χ3v) is 5.92. The van der Waals surface area contributed by atoms with E-state index in [1.807, 2.05) is 24.3 Å². The molecule has 0 amide bonds. The van der Waals surface area contributed by atoms with Crippen LogP contribution in [0.15, 0.2) is 42.7 Å². The van der Waals surface area contributed by atoms with Gasteiger partial charge in [-0.25, -0.2) is 4.68 Å². The molecule has 0 N–H and O–H groups in total. The van der Waals surface area contributed by atoms with Crippen molar-refractivity contribution in [2.75, 3.05) is 11.4 Å². The van der Waals surface area contributed by atoms with E-state index in [9.17, 15) is 0 Å². The van der Waals surface area contributed by atoms with Crippen LogP contribution in [0.1, 0.15) is 32.6 Å². The van der Waals surface area contributed by atoms with Crippen LogP contribution < -0.4 is 4.90 Å². The molecule has 8 heteroatoms.